The normalized spacial score (nSPS) is 17.5. The number of likely N-dealkylation sites (tertiary alicyclic amines) is 1. The quantitative estimate of drug-likeness (QED) is 0.157. The van der Waals surface area contributed by atoms with Crippen LogP contribution in [0.15, 0.2) is 47.4 Å². The van der Waals surface area contributed by atoms with E-state index in [1.165, 1.54) is 17.0 Å². The van der Waals surface area contributed by atoms with Gasteiger partial charge < -0.3 is 25.6 Å². The molecule has 4 rings (SSSR count). The molecule has 230 valence electrons. The first-order valence-electron chi connectivity index (χ1n) is 13.9. The summed E-state index contributed by atoms with van der Waals surface area (Å²) in [5.74, 6) is -1.71. The highest BCUT2D eigenvalue weighted by Gasteiger charge is 2.39. The number of hydrogen-bond donors (Lipinski definition) is 4. The molecule has 2 aromatic carbocycles. The first-order valence-corrected chi connectivity index (χ1v) is 15.4. The molecule has 1 heterocycles. The van der Waals surface area contributed by atoms with Crippen molar-refractivity contribution in [1.82, 2.24) is 19.8 Å². The van der Waals surface area contributed by atoms with Gasteiger partial charge in [0.25, 0.3) is 0 Å². The van der Waals surface area contributed by atoms with Gasteiger partial charge in [0.1, 0.15) is 12.6 Å². The Kier molecular flexibility index (Phi) is 11.5. The van der Waals surface area contributed by atoms with Crippen molar-refractivity contribution >= 4 is 56.9 Å². The highest BCUT2D eigenvalue weighted by atomic mass is 35.5. The molecular formula is C28H39ClN6O6S. The first kappa shape index (κ1) is 33.1. The van der Waals surface area contributed by atoms with E-state index in [9.17, 15) is 22.8 Å². The molecule has 14 heteroatoms. The van der Waals surface area contributed by atoms with Gasteiger partial charge in [0.2, 0.25) is 21.8 Å². The number of piperidine rings is 1. The minimum Gasteiger partial charge on any atom is -0.465 e. The van der Waals surface area contributed by atoms with Crippen molar-refractivity contribution in [2.75, 3.05) is 32.8 Å². The number of rotatable bonds is 12. The number of carbonyl (C=O) groups is 3. The van der Waals surface area contributed by atoms with Crippen LogP contribution in [0.4, 0.5) is 0 Å². The van der Waals surface area contributed by atoms with Crippen LogP contribution >= 0.6 is 12.4 Å². The Bertz CT molecular complexity index is 1400. The number of ether oxygens (including phenoxy) is 1. The molecule has 2 atom stereocenters. The van der Waals surface area contributed by atoms with Gasteiger partial charge in [-0.2, -0.15) is 4.72 Å². The number of nitrogens with two attached hydrogens (primary N) is 1. The lowest BCUT2D eigenvalue weighted by Crippen LogP contribution is -2.52. The Labute approximate surface area is 252 Å². The van der Waals surface area contributed by atoms with Crippen molar-refractivity contribution in [2.24, 2.45) is 11.7 Å². The van der Waals surface area contributed by atoms with Crippen LogP contribution in [0.25, 0.3) is 10.8 Å². The third kappa shape index (κ3) is 8.79. The van der Waals surface area contributed by atoms with E-state index in [4.69, 9.17) is 15.9 Å². The fourth-order valence-corrected chi connectivity index (χ4v) is 6.28. The average Bonchev–Trinajstić information content (AvgIpc) is 3.79. The third-order valence-electron chi connectivity index (χ3n) is 7.34. The summed E-state index contributed by atoms with van der Waals surface area (Å²) in [6.07, 6.45) is 2.58. The number of amides is 2. The minimum absolute atomic E-state index is 0. The number of nitrogens with one attached hydrogen (secondary N) is 3. The number of esters is 1. The van der Waals surface area contributed by atoms with E-state index < -0.39 is 40.3 Å². The molecule has 2 aromatic rings. The molecule has 12 nitrogen and oxygen atoms in total. The van der Waals surface area contributed by atoms with Gasteiger partial charge in [0.15, 0.2) is 5.96 Å². The fraction of sp³-hybridized carbons (Fsp3) is 0.500. The molecule has 1 saturated heterocycles. The lowest BCUT2D eigenvalue weighted by Gasteiger charge is -2.33. The van der Waals surface area contributed by atoms with E-state index in [2.05, 4.69) is 10.0 Å². The lowest BCUT2D eigenvalue weighted by molar-refractivity contribution is -0.150. The molecule has 0 radical (unpaired) electrons. The molecule has 42 heavy (non-hydrogen) atoms. The molecule has 5 N–H and O–H groups in total. The minimum atomic E-state index is -4.21. The predicted molar refractivity (Wildman–Crippen MR) is 161 cm³/mol. The van der Waals surface area contributed by atoms with E-state index in [1.54, 1.807) is 30.0 Å². The predicted octanol–water partition coefficient (Wildman–Crippen LogP) is 1.57. The summed E-state index contributed by atoms with van der Waals surface area (Å²) in [4.78, 5) is 42.0. The zero-order valence-electron chi connectivity index (χ0n) is 23.6. The zero-order valence-corrected chi connectivity index (χ0v) is 25.2. The maximum atomic E-state index is 13.7. The van der Waals surface area contributed by atoms with Gasteiger partial charge in [-0.25, -0.2) is 8.42 Å². The highest BCUT2D eigenvalue weighted by Crippen LogP contribution is 2.28. The van der Waals surface area contributed by atoms with Crippen LogP contribution < -0.4 is 15.8 Å². The molecule has 0 bridgehead atoms. The standard InChI is InChI=1S/C28H38N6O6S.ClH/c1-2-40-26(36)18-34(22-10-11-22)27(37)24(15-25(35)31-16-19-6-5-13-33(17-19)28(29)30)32-41(38,39)23-12-9-20-7-3-4-8-21(20)14-23;/h3-4,7-9,12,14,19,22,24,32H,2,5-6,10-11,13,15-18H2,1H3,(H3,29,30)(H,31,35);1H/t19-,24+;/m0./s1. The maximum Gasteiger partial charge on any atom is 0.325 e. The molecular weight excluding hydrogens is 584 g/mol. The van der Waals surface area contributed by atoms with Crippen LogP contribution in [-0.4, -0.2) is 86.8 Å². The number of benzene rings is 2. The number of nitrogens with zero attached hydrogens (tertiary/aromatic N) is 2. The van der Waals surface area contributed by atoms with Crippen molar-refractivity contribution in [3.05, 3.63) is 42.5 Å². The van der Waals surface area contributed by atoms with Crippen LogP contribution in [-0.2, 0) is 29.1 Å². The van der Waals surface area contributed by atoms with Gasteiger partial charge in [-0.3, -0.25) is 19.8 Å². The van der Waals surface area contributed by atoms with Gasteiger partial charge in [0, 0.05) is 25.7 Å². The number of halogens is 1. The van der Waals surface area contributed by atoms with Crippen molar-refractivity contribution in [3.63, 3.8) is 0 Å². The number of sulfonamides is 1. The highest BCUT2D eigenvalue weighted by molar-refractivity contribution is 7.89. The van der Waals surface area contributed by atoms with Crippen molar-refractivity contribution in [3.8, 4) is 0 Å². The molecule has 1 aliphatic carbocycles. The van der Waals surface area contributed by atoms with Crippen LogP contribution in [0.1, 0.15) is 39.0 Å². The van der Waals surface area contributed by atoms with Crippen molar-refractivity contribution in [2.45, 2.75) is 56.0 Å². The first-order chi connectivity index (χ1) is 19.6. The van der Waals surface area contributed by atoms with Crippen LogP contribution in [0.2, 0.25) is 0 Å². The van der Waals surface area contributed by atoms with E-state index in [0.717, 1.165) is 18.2 Å². The maximum absolute atomic E-state index is 13.7. The van der Waals surface area contributed by atoms with Gasteiger partial charge in [0.05, 0.1) is 17.9 Å². The van der Waals surface area contributed by atoms with Gasteiger partial charge in [-0.1, -0.05) is 30.3 Å². The Balaban J connectivity index is 0.00000484. The van der Waals surface area contributed by atoms with Gasteiger partial charge in [-0.15, -0.1) is 12.4 Å². The molecule has 2 fully saturated rings. The second-order valence-corrected chi connectivity index (χ2v) is 12.2. The molecule has 1 aliphatic heterocycles. The molecule has 0 unspecified atom stereocenters. The van der Waals surface area contributed by atoms with E-state index in [1.807, 2.05) is 12.1 Å². The Morgan fingerprint density at radius 2 is 1.86 bits per heavy atom. The summed E-state index contributed by atoms with van der Waals surface area (Å²) in [5, 5.41) is 12.1. The van der Waals surface area contributed by atoms with Crippen molar-refractivity contribution < 1.29 is 27.5 Å². The third-order valence-corrected chi connectivity index (χ3v) is 8.81. The van der Waals surface area contributed by atoms with E-state index in [-0.39, 0.29) is 48.4 Å². The average molecular weight is 623 g/mol. The Morgan fingerprint density at radius 3 is 2.52 bits per heavy atom. The summed E-state index contributed by atoms with van der Waals surface area (Å²) in [6.45, 7) is 3.00. The number of fused-ring (bicyclic) bond motifs is 1. The zero-order chi connectivity index (χ0) is 29.6. The van der Waals surface area contributed by atoms with E-state index >= 15 is 0 Å². The summed E-state index contributed by atoms with van der Waals surface area (Å²) in [6, 6.07) is 10.3. The van der Waals surface area contributed by atoms with Gasteiger partial charge in [-0.05, 0) is 61.4 Å². The summed E-state index contributed by atoms with van der Waals surface area (Å²) >= 11 is 0. The Morgan fingerprint density at radius 1 is 1.14 bits per heavy atom. The summed E-state index contributed by atoms with van der Waals surface area (Å²) in [5.41, 5.74) is 5.61. The second kappa shape index (κ2) is 14.7. The lowest BCUT2D eigenvalue weighted by atomic mass is 9.98. The number of carbonyl (C=O) groups excluding carboxylic acids is 3. The van der Waals surface area contributed by atoms with Gasteiger partial charge >= 0.3 is 5.97 Å². The SMILES string of the molecule is CCOC(=O)CN(C(=O)[C@@H](CC(=O)NC[C@@H]1CCCN(C(=N)N)C1)NS(=O)(=O)c1ccc2ccccc2c1)C1CC1.Cl. The van der Waals surface area contributed by atoms with Crippen LogP contribution in [0.5, 0.6) is 0 Å². The van der Waals surface area contributed by atoms with E-state index in [0.29, 0.717) is 37.9 Å². The molecule has 2 amide bonds. The summed E-state index contributed by atoms with van der Waals surface area (Å²) in [7, 11) is -4.21. The van der Waals surface area contributed by atoms with Crippen molar-refractivity contribution in [1.29, 1.82) is 5.41 Å². The Hall–Kier alpha value is -3.42. The summed E-state index contributed by atoms with van der Waals surface area (Å²) < 4.78 is 34.4. The van der Waals surface area contributed by atoms with Crippen LogP contribution in [0.3, 0.4) is 0 Å². The molecule has 2 aliphatic rings. The monoisotopic (exact) mass is 622 g/mol. The second-order valence-electron chi connectivity index (χ2n) is 10.5. The molecule has 0 aromatic heterocycles. The topological polar surface area (TPSA) is 175 Å². The molecule has 0 spiro atoms. The smallest absolute Gasteiger partial charge is 0.325 e. The number of guanidine groups is 1. The molecule has 1 saturated carbocycles. The largest absolute Gasteiger partial charge is 0.465 e. The fourth-order valence-electron chi connectivity index (χ4n) is 5.05. The number of hydrogen-bond acceptors (Lipinski definition) is 7. The van der Waals surface area contributed by atoms with Crippen LogP contribution in [0, 0.1) is 11.3 Å².